The van der Waals surface area contributed by atoms with E-state index in [9.17, 15) is 4.79 Å². The standard InChI is InChI=1S/C15H23N3O2/c1-15(2,3)20-14(19)18-8-4-5-11(10-18)13-7-6-12(16)9-17-13/h6-7,9,11H,4-5,8,10,16H2,1-3H3/i6D,7D,9D. The molecule has 0 saturated carbocycles. The quantitative estimate of drug-likeness (QED) is 0.859. The van der Waals surface area contributed by atoms with Crippen molar-refractivity contribution >= 4 is 11.8 Å². The highest BCUT2D eigenvalue weighted by Crippen LogP contribution is 2.26. The predicted octanol–water partition coefficient (Wildman–Crippen LogP) is 2.78. The maximum absolute atomic E-state index is 12.2. The highest BCUT2D eigenvalue weighted by molar-refractivity contribution is 5.68. The highest BCUT2D eigenvalue weighted by atomic mass is 16.6. The number of carbonyl (C=O) groups excluding carboxylic acids is 1. The van der Waals surface area contributed by atoms with Gasteiger partial charge < -0.3 is 15.4 Å². The molecule has 1 amide bonds. The largest absolute Gasteiger partial charge is 0.444 e. The summed E-state index contributed by atoms with van der Waals surface area (Å²) in [5.74, 6) is -0.183. The number of pyridine rings is 1. The number of nitrogen functional groups attached to an aromatic ring is 1. The van der Waals surface area contributed by atoms with E-state index >= 15 is 0 Å². The van der Waals surface area contributed by atoms with E-state index in [4.69, 9.17) is 14.6 Å². The van der Waals surface area contributed by atoms with Crippen molar-refractivity contribution in [3.63, 3.8) is 0 Å². The fourth-order valence-corrected chi connectivity index (χ4v) is 2.19. The molecule has 1 aromatic heterocycles. The minimum atomic E-state index is -0.563. The van der Waals surface area contributed by atoms with Gasteiger partial charge in [-0.1, -0.05) is 0 Å². The molecule has 5 nitrogen and oxygen atoms in total. The van der Waals surface area contributed by atoms with Gasteiger partial charge in [-0.3, -0.25) is 4.98 Å². The first kappa shape index (κ1) is 10.9. The van der Waals surface area contributed by atoms with Gasteiger partial charge >= 0.3 is 6.09 Å². The molecule has 0 spiro atoms. The Balaban J connectivity index is 2.21. The summed E-state index contributed by atoms with van der Waals surface area (Å²) in [6.45, 7) is 6.41. The zero-order valence-electron chi connectivity index (χ0n) is 15.2. The summed E-state index contributed by atoms with van der Waals surface area (Å²) in [4.78, 5) is 17.9. The number of rotatable bonds is 1. The van der Waals surface area contributed by atoms with E-state index in [0.717, 1.165) is 12.8 Å². The summed E-state index contributed by atoms with van der Waals surface area (Å²) in [6.07, 6.45) is 0.939. The van der Waals surface area contributed by atoms with Gasteiger partial charge in [-0.05, 0) is 45.7 Å². The number of piperidine rings is 1. The van der Waals surface area contributed by atoms with Crippen molar-refractivity contribution in [1.82, 2.24) is 9.88 Å². The van der Waals surface area contributed by atoms with Crippen LogP contribution in [0.3, 0.4) is 0 Å². The Hall–Kier alpha value is -1.78. The second-order valence-electron chi connectivity index (χ2n) is 6.04. The van der Waals surface area contributed by atoms with E-state index < -0.39 is 5.60 Å². The summed E-state index contributed by atoms with van der Waals surface area (Å²) in [6, 6.07) is -0.232. The van der Waals surface area contributed by atoms with Gasteiger partial charge in [0.15, 0.2) is 0 Å². The Bertz CT molecular complexity index is 617. The van der Waals surface area contributed by atoms with Gasteiger partial charge in [0.1, 0.15) is 5.60 Å². The minimum absolute atomic E-state index is 0.0606. The summed E-state index contributed by atoms with van der Waals surface area (Å²) in [7, 11) is 0. The molecule has 1 unspecified atom stereocenters. The lowest BCUT2D eigenvalue weighted by molar-refractivity contribution is 0.0197. The molecule has 110 valence electrons. The molecule has 1 aromatic rings. The van der Waals surface area contributed by atoms with Crippen LogP contribution in [0.5, 0.6) is 0 Å². The topological polar surface area (TPSA) is 68.5 Å². The Labute approximate surface area is 124 Å². The van der Waals surface area contributed by atoms with Crippen LogP contribution in [0.2, 0.25) is 0 Å². The lowest BCUT2D eigenvalue weighted by Crippen LogP contribution is -2.42. The molecule has 0 aliphatic carbocycles. The summed E-state index contributed by atoms with van der Waals surface area (Å²) in [5.41, 5.74) is 5.30. The molecular weight excluding hydrogens is 254 g/mol. The first-order valence-electron chi connectivity index (χ1n) is 8.31. The van der Waals surface area contributed by atoms with Gasteiger partial charge in [0.25, 0.3) is 0 Å². The van der Waals surface area contributed by atoms with Crippen LogP contribution in [-0.2, 0) is 4.74 Å². The minimum Gasteiger partial charge on any atom is -0.444 e. The number of anilines is 1. The average molecular weight is 280 g/mol. The van der Waals surface area contributed by atoms with E-state index in [2.05, 4.69) is 4.98 Å². The van der Waals surface area contributed by atoms with Crippen molar-refractivity contribution in [1.29, 1.82) is 0 Å². The van der Waals surface area contributed by atoms with Crippen LogP contribution in [-0.4, -0.2) is 34.7 Å². The molecular formula is C15H23N3O2. The van der Waals surface area contributed by atoms with Crippen LogP contribution in [0.25, 0.3) is 0 Å². The third-order valence-electron chi connectivity index (χ3n) is 3.08. The molecule has 1 aliphatic heterocycles. The van der Waals surface area contributed by atoms with E-state index in [1.54, 1.807) is 4.90 Å². The fraction of sp³-hybridized carbons (Fsp3) is 0.600. The SMILES string of the molecule is [2H]c1nc(C2CCCN(C(=O)OC(C)(C)C)C2)c([2H])c([2H])c1N. The summed E-state index contributed by atoms with van der Waals surface area (Å²) in [5, 5.41) is 0. The molecule has 2 N–H and O–H groups in total. The first-order valence-corrected chi connectivity index (χ1v) is 6.81. The maximum Gasteiger partial charge on any atom is 0.410 e. The molecule has 2 heterocycles. The highest BCUT2D eigenvalue weighted by Gasteiger charge is 2.28. The van der Waals surface area contributed by atoms with Gasteiger partial charge in [0, 0.05) is 24.7 Å². The third kappa shape index (κ3) is 3.85. The van der Waals surface area contributed by atoms with E-state index in [0.29, 0.717) is 18.8 Å². The van der Waals surface area contributed by atoms with Crippen LogP contribution < -0.4 is 5.73 Å². The molecule has 1 saturated heterocycles. The van der Waals surface area contributed by atoms with Gasteiger partial charge in [-0.15, -0.1) is 0 Å². The van der Waals surface area contributed by atoms with E-state index in [1.807, 2.05) is 20.8 Å². The zero-order valence-corrected chi connectivity index (χ0v) is 12.2. The molecule has 1 fully saturated rings. The first-order chi connectivity index (χ1) is 10.6. The molecule has 5 heteroatoms. The Morgan fingerprint density at radius 1 is 1.55 bits per heavy atom. The number of amides is 1. The van der Waals surface area contributed by atoms with Crippen molar-refractivity contribution in [2.75, 3.05) is 18.8 Å². The van der Waals surface area contributed by atoms with E-state index in [-0.39, 0.29) is 36.0 Å². The number of carbonyl (C=O) groups is 1. The second-order valence-corrected chi connectivity index (χ2v) is 6.04. The number of hydrogen-bond donors (Lipinski definition) is 1. The van der Waals surface area contributed by atoms with Crippen molar-refractivity contribution in [3.8, 4) is 0 Å². The maximum atomic E-state index is 12.2. The van der Waals surface area contributed by atoms with Crippen LogP contribution in [0.4, 0.5) is 10.5 Å². The number of ether oxygens (including phenoxy) is 1. The monoisotopic (exact) mass is 280 g/mol. The molecule has 0 radical (unpaired) electrons. The molecule has 1 atom stereocenters. The number of nitrogens with two attached hydrogens (primary N) is 1. The van der Waals surface area contributed by atoms with Crippen molar-refractivity contribution in [2.45, 2.75) is 45.1 Å². The average Bonchev–Trinajstić information content (AvgIpc) is 2.47. The molecule has 20 heavy (non-hydrogen) atoms. The van der Waals surface area contributed by atoms with Crippen LogP contribution in [0.15, 0.2) is 18.3 Å². The van der Waals surface area contributed by atoms with Crippen LogP contribution >= 0.6 is 0 Å². The molecule has 1 aliphatic rings. The number of aromatic nitrogens is 1. The fourth-order valence-electron chi connectivity index (χ4n) is 2.19. The van der Waals surface area contributed by atoms with Crippen LogP contribution in [0, 0.1) is 0 Å². The number of hydrogen-bond acceptors (Lipinski definition) is 4. The smallest absolute Gasteiger partial charge is 0.410 e. The second kappa shape index (κ2) is 5.69. The Morgan fingerprint density at radius 3 is 3.00 bits per heavy atom. The van der Waals surface area contributed by atoms with Gasteiger partial charge in [-0.25, -0.2) is 4.79 Å². The molecule has 0 bridgehead atoms. The van der Waals surface area contributed by atoms with Gasteiger partial charge in [0.05, 0.1) is 16.0 Å². The number of likely N-dealkylation sites (tertiary alicyclic amines) is 1. The van der Waals surface area contributed by atoms with Gasteiger partial charge in [-0.2, -0.15) is 0 Å². The van der Waals surface area contributed by atoms with Crippen LogP contribution in [0.1, 0.15) is 49.3 Å². The summed E-state index contributed by atoms with van der Waals surface area (Å²) < 4.78 is 29.0. The van der Waals surface area contributed by atoms with Gasteiger partial charge in [0.2, 0.25) is 0 Å². The molecule has 2 rings (SSSR count). The predicted molar refractivity (Wildman–Crippen MR) is 78.4 cm³/mol. The molecule has 0 aromatic carbocycles. The zero-order chi connectivity index (χ0) is 17.4. The lowest BCUT2D eigenvalue weighted by atomic mass is 9.94. The van der Waals surface area contributed by atoms with Crippen molar-refractivity contribution < 1.29 is 13.6 Å². The lowest BCUT2D eigenvalue weighted by Gasteiger charge is -2.33. The van der Waals surface area contributed by atoms with Crippen molar-refractivity contribution in [3.05, 3.63) is 24.0 Å². The van der Waals surface area contributed by atoms with Crippen molar-refractivity contribution in [2.24, 2.45) is 0 Å². The Kier molecular flexibility index (Phi) is 3.11. The normalized spacial score (nSPS) is 21.9. The van der Waals surface area contributed by atoms with E-state index in [1.165, 1.54) is 0 Å². The Morgan fingerprint density at radius 2 is 2.30 bits per heavy atom. The summed E-state index contributed by atoms with van der Waals surface area (Å²) >= 11 is 0. The third-order valence-corrected chi connectivity index (χ3v) is 3.08. The number of nitrogens with zero attached hydrogens (tertiary/aromatic N) is 2.